The van der Waals surface area contributed by atoms with E-state index in [-0.39, 0.29) is 23.8 Å². The van der Waals surface area contributed by atoms with Crippen LogP contribution in [0.15, 0.2) is 21.0 Å². The molecule has 0 radical (unpaired) electrons. The average Bonchev–Trinajstić information content (AvgIpc) is 3.20. The Morgan fingerprint density at radius 2 is 1.89 bits per heavy atom. The van der Waals surface area contributed by atoms with Crippen LogP contribution in [-0.2, 0) is 17.9 Å². The van der Waals surface area contributed by atoms with E-state index in [9.17, 15) is 14.4 Å². The van der Waals surface area contributed by atoms with Crippen LogP contribution in [0.4, 0.5) is 0 Å². The molecule has 0 saturated carbocycles. The van der Waals surface area contributed by atoms with E-state index in [2.05, 4.69) is 38.1 Å². The molecule has 3 heterocycles. The van der Waals surface area contributed by atoms with E-state index in [1.165, 1.54) is 15.7 Å². The van der Waals surface area contributed by atoms with Gasteiger partial charge in [-0.05, 0) is 36.1 Å². The summed E-state index contributed by atoms with van der Waals surface area (Å²) in [5, 5.41) is 8.95. The molecule has 0 aliphatic rings. The van der Waals surface area contributed by atoms with Gasteiger partial charge in [0, 0.05) is 13.1 Å². The molecular weight excluding hydrogens is 378 g/mol. The minimum absolute atomic E-state index is 0.142. The largest absolute Gasteiger partial charge is 0.354 e. The zero-order valence-electron chi connectivity index (χ0n) is 16.8. The van der Waals surface area contributed by atoms with Crippen LogP contribution in [0, 0.1) is 11.8 Å². The van der Waals surface area contributed by atoms with Crippen LogP contribution in [0.5, 0.6) is 0 Å². The van der Waals surface area contributed by atoms with Crippen molar-refractivity contribution in [2.75, 3.05) is 6.54 Å². The Morgan fingerprint density at radius 1 is 1.18 bits per heavy atom. The maximum absolute atomic E-state index is 12.9. The molecule has 1 N–H and O–H groups in total. The summed E-state index contributed by atoms with van der Waals surface area (Å²) in [5.74, 6) is 0.923. The summed E-state index contributed by atoms with van der Waals surface area (Å²) in [6.07, 6.45) is 1.67. The molecule has 3 rings (SSSR count). The minimum atomic E-state index is -0.407. The zero-order valence-corrected chi connectivity index (χ0v) is 17.6. The number of carbonyl (C=O) groups excluding carboxylic acids is 1. The number of carbonyl (C=O) groups is 1. The van der Waals surface area contributed by atoms with E-state index in [1.54, 1.807) is 16.0 Å². The predicted molar refractivity (Wildman–Crippen MR) is 111 cm³/mol. The van der Waals surface area contributed by atoms with Crippen LogP contribution in [0.2, 0.25) is 0 Å². The van der Waals surface area contributed by atoms with Crippen LogP contribution in [0.3, 0.4) is 0 Å². The standard InChI is InChI=1S/C19H27N5O3S/c1-12(2)5-8-20-15(25)11-23-19(27)24-14-7-10-28-16(14)17(26)22(18(24)21-23)9-6-13(3)4/h7,10,12-13H,5-6,8-9,11H2,1-4H3,(H,20,25). The molecule has 0 aromatic carbocycles. The van der Waals surface area contributed by atoms with E-state index >= 15 is 0 Å². The molecule has 3 aromatic rings. The molecular formula is C19H27N5O3S. The van der Waals surface area contributed by atoms with Crippen LogP contribution in [-0.4, -0.2) is 31.2 Å². The third kappa shape index (κ3) is 4.04. The van der Waals surface area contributed by atoms with E-state index in [4.69, 9.17) is 0 Å². The van der Waals surface area contributed by atoms with Gasteiger partial charge in [0.25, 0.3) is 5.56 Å². The Kier molecular flexibility index (Phi) is 6.02. The molecule has 8 nitrogen and oxygen atoms in total. The van der Waals surface area contributed by atoms with Crippen LogP contribution in [0.1, 0.15) is 40.5 Å². The van der Waals surface area contributed by atoms with Crippen molar-refractivity contribution in [3.63, 3.8) is 0 Å². The molecule has 0 unspecified atom stereocenters. The van der Waals surface area contributed by atoms with Gasteiger partial charge in [-0.1, -0.05) is 27.7 Å². The number of fused-ring (bicyclic) bond motifs is 3. The van der Waals surface area contributed by atoms with Gasteiger partial charge in [-0.15, -0.1) is 16.4 Å². The first-order chi connectivity index (χ1) is 13.3. The van der Waals surface area contributed by atoms with Crippen molar-refractivity contribution in [1.82, 2.24) is 24.1 Å². The van der Waals surface area contributed by atoms with Gasteiger partial charge >= 0.3 is 5.69 Å². The third-order valence-corrected chi connectivity index (χ3v) is 5.55. The lowest BCUT2D eigenvalue weighted by Crippen LogP contribution is -2.33. The highest BCUT2D eigenvalue weighted by molar-refractivity contribution is 7.17. The topological polar surface area (TPSA) is 90.4 Å². The van der Waals surface area contributed by atoms with E-state index in [0.717, 1.165) is 17.5 Å². The normalized spacial score (nSPS) is 11.9. The van der Waals surface area contributed by atoms with E-state index in [0.29, 0.717) is 35.1 Å². The fourth-order valence-electron chi connectivity index (χ4n) is 3.02. The Bertz CT molecular complexity index is 1100. The number of aromatic nitrogens is 4. The fraction of sp³-hybridized carbons (Fsp3) is 0.579. The second kappa shape index (κ2) is 8.30. The molecule has 0 spiro atoms. The van der Waals surface area contributed by atoms with Crippen LogP contribution in [0.25, 0.3) is 16.0 Å². The Balaban J connectivity index is 2.01. The minimum Gasteiger partial charge on any atom is -0.354 e. The van der Waals surface area contributed by atoms with E-state index in [1.807, 2.05) is 0 Å². The number of aryl methyl sites for hydroxylation is 1. The lowest BCUT2D eigenvalue weighted by atomic mass is 10.1. The maximum Gasteiger partial charge on any atom is 0.352 e. The van der Waals surface area contributed by atoms with Crippen molar-refractivity contribution in [2.45, 2.75) is 53.6 Å². The molecule has 3 aromatic heterocycles. The molecule has 0 atom stereocenters. The molecule has 0 aliphatic carbocycles. The quantitative estimate of drug-likeness (QED) is 0.621. The third-order valence-electron chi connectivity index (χ3n) is 4.66. The maximum atomic E-state index is 12.9. The van der Waals surface area contributed by atoms with Gasteiger partial charge in [0.15, 0.2) is 0 Å². The first-order valence-corrected chi connectivity index (χ1v) is 10.5. The van der Waals surface area contributed by atoms with Crippen LogP contribution >= 0.6 is 11.3 Å². The van der Waals surface area contributed by atoms with Crippen molar-refractivity contribution in [3.8, 4) is 0 Å². The fourth-order valence-corrected chi connectivity index (χ4v) is 3.84. The van der Waals surface area contributed by atoms with Crippen molar-refractivity contribution >= 4 is 33.2 Å². The summed E-state index contributed by atoms with van der Waals surface area (Å²) in [6, 6.07) is 1.75. The number of hydrogen-bond acceptors (Lipinski definition) is 5. The van der Waals surface area contributed by atoms with Crippen molar-refractivity contribution in [1.29, 1.82) is 0 Å². The molecule has 28 heavy (non-hydrogen) atoms. The second-order valence-corrected chi connectivity index (χ2v) is 8.80. The highest BCUT2D eigenvalue weighted by atomic mass is 32.1. The lowest BCUT2D eigenvalue weighted by Gasteiger charge is -2.09. The zero-order chi connectivity index (χ0) is 20.4. The van der Waals surface area contributed by atoms with Gasteiger partial charge < -0.3 is 5.32 Å². The van der Waals surface area contributed by atoms with Crippen molar-refractivity contribution in [2.24, 2.45) is 11.8 Å². The SMILES string of the molecule is CC(C)CCNC(=O)Cn1nc2n(CCC(C)C)c(=O)c3sccc3n2c1=O. The predicted octanol–water partition coefficient (Wildman–Crippen LogP) is 2.08. The van der Waals surface area contributed by atoms with Crippen LogP contribution < -0.4 is 16.6 Å². The number of amides is 1. The molecule has 0 aliphatic heterocycles. The molecule has 0 bridgehead atoms. The first-order valence-electron chi connectivity index (χ1n) is 9.65. The number of hydrogen-bond donors (Lipinski definition) is 1. The van der Waals surface area contributed by atoms with Crippen molar-refractivity contribution < 1.29 is 4.79 Å². The highest BCUT2D eigenvalue weighted by Crippen LogP contribution is 2.17. The van der Waals surface area contributed by atoms with Gasteiger partial charge in [-0.25, -0.2) is 13.9 Å². The lowest BCUT2D eigenvalue weighted by molar-refractivity contribution is -0.121. The monoisotopic (exact) mass is 405 g/mol. The number of nitrogens with one attached hydrogen (secondary N) is 1. The second-order valence-electron chi connectivity index (χ2n) is 7.88. The number of rotatable bonds is 8. The van der Waals surface area contributed by atoms with Crippen molar-refractivity contribution in [3.05, 3.63) is 32.3 Å². The Hall–Kier alpha value is -2.42. The summed E-state index contributed by atoms with van der Waals surface area (Å²) < 4.78 is 4.66. The van der Waals surface area contributed by atoms with Gasteiger partial charge in [0.2, 0.25) is 11.7 Å². The van der Waals surface area contributed by atoms with Gasteiger partial charge in [0.05, 0.1) is 5.52 Å². The molecule has 0 fully saturated rings. The number of nitrogens with zero attached hydrogens (tertiary/aromatic N) is 4. The summed E-state index contributed by atoms with van der Waals surface area (Å²) in [5.41, 5.74) is -0.00495. The van der Waals surface area contributed by atoms with Gasteiger partial charge in [-0.2, -0.15) is 0 Å². The molecule has 152 valence electrons. The summed E-state index contributed by atoms with van der Waals surface area (Å²) in [4.78, 5) is 38.0. The molecule has 0 saturated heterocycles. The molecule has 9 heteroatoms. The Labute approximate surface area is 166 Å². The summed E-state index contributed by atoms with van der Waals surface area (Å²) in [6.45, 7) is 9.21. The van der Waals surface area contributed by atoms with Gasteiger partial charge in [0.1, 0.15) is 11.2 Å². The summed E-state index contributed by atoms with van der Waals surface area (Å²) in [7, 11) is 0. The number of thiophene rings is 1. The Morgan fingerprint density at radius 3 is 2.57 bits per heavy atom. The van der Waals surface area contributed by atoms with Gasteiger partial charge in [-0.3, -0.25) is 14.2 Å². The molecule has 1 amide bonds. The smallest absolute Gasteiger partial charge is 0.352 e. The summed E-state index contributed by atoms with van der Waals surface area (Å²) >= 11 is 1.31. The van der Waals surface area contributed by atoms with E-state index < -0.39 is 5.69 Å². The highest BCUT2D eigenvalue weighted by Gasteiger charge is 2.19. The first kappa shape index (κ1) is 20.3. The average molecular weight is 406 g/mol.